The molecule has 1 saturated heterocycles. The van der Waals surface area contributed by atoms with Crippen molar-refractivity contribution in [2.45, 2.75) is 25.0 Å². The number of hydrogen-bond donors (Lipinski definition) is 1. The summed E-state index contributed by atoms with van der Waals surface area (Å²) in [7, 11) is 3.31. The molecule has 1 spiro atoms. The van der Waals surface area contributed by atoms with Crippen LogP contribution in [-0.4, -0.2) is 49.4 Å². The van der Waals surface area contributed by atoms with Crippen molar-refractivity contribution in [2.75, 3.05) is 34.0 Å². The van der Waals surface area contributed by atoms with E-state index >= 15 is 0 Å². The van der Waals surface area contributed by atoms with Crippen LogP contribution in [0.2, 0.25) is 0 Å². The summed E-state index contributed by atoms with van der Waals surface area (Å²) in [5, 5.41) is 2.74. The third-order valence-corrected chi connectivity index (χ3v) is 5.21. The summed E-state index contributed by atoms with van der Waals surface area (Å²) in [5.74, 6) is 0.635. The molecule has 1 fully saturated rings. The molecular weight excluding hydrogens is 334 g/mol. The van der Waals surface area contributed by atoms with Gasteiger partial charge in [0.05, 0.1) is 31.7 Å². The van der Waals surface area contributed by atoms with Gasteiger partial charge in [-0.15, -0.1) is 0 Å². The number of nitrogens with one attached hydrogen (secondary N) is 1. The van der Waals surface area contributed by atoms with Crippen LogP contribution in [0.25, 0.3) is 11.3 Å². The van der Waals surface area contributed by atoms with E-state index in [4.69, 9.17) is 14.2 Å². The zero-order valence-corrected chi connectivity index (χ0v) is 15.1. The number of carbonyl (C=O) groups excluding carboxylic acids is 1. The highest BCUT2D eigenvalue weighted by Gasteiger charge is 2.45. The fraction of sp³-hybridized carbons (Fsp3) is 0.474. The number of aromatic nitrogens is 2. The summed E-state index contributed by atoms with van der Waals surface area (Å²) in [6.45, 7) is 2.37. The molecule has 4 rings (SSSR count). The van der Waals surface area contributed by atoms with Crippen LogP contribution in [0.1, 0.15) is 28.9 Å². The normalized spacial score (nSPS) is 17.3. The molecule has 0 bridgehead atoms. The first-order valence-electron chi connectivity index (χ1n) is 8.86. The highest BCUT2D eigenvalue weighted by Crippen LogP contribution is 2.50. The zero-order valence-electron chi connectivity index (χ0n) is 15.1. The van der Waals surface area contributed by atoms with Crippen LogP contribution in [0.3, 0.4) is 0 Å². The van der Waals surface area contributed by atoms with Gasteiger partial charge in [0.1, 0.15) is 17.0 Å². The number of fused-ring (bicyclic) bond motifs is 4. The van der Waals surface area contributed by atoms with Gasteiger partial charge in [-0.3, -0.25) is 9.78 Å². The van der Waals surface area contributed by atoms with E-state index in [9.17, 15) is 4.79 Å². The Hall–Kier alpha value is -2.38. The molecule has 7 heteroatoms. The van der Waals surface area contributed by atoms with Gasteiger partial charge >= 0.3 is 0 Å². The largest absolute Gasteiger partial charge is 0.480 e. The van der Waals surface area contributed by atoms with Crippen LogP contribution in [0.5, 0.6) is 5.75 Å². The van der Waals surface area contributed by atoms with E-state index in [1.54, 1.807) is 26.6 Å². The molecule has 26 heavy (non-hydrogen) atoms. The molecule has 4 heterocycles. The molecule has 0 aromatic carbocycles. The second kappa shape index (κ2) is 6.74. The summed E-state index contributed by atoms with van der Waals surface area (Å²) in [4.78, 5) is 16.8. The predicted molar refractivity (Wildman–Crippen MR) is 95.3 cm³/mol. The Bertz CT molecular complexity index is 824. The van der Waals surface area contributed by atoms with Gasteiger partial charge in [0.25, 0.3) is 5.91 Å². The van der Waals surface area contributed by atoms with E-state index in [0.29, 0.717) is 32.1 Å². The summed E-state index contributed by atoms with van der Waals surface area (Å²) in [6.07, 6.45) is 5.00. The number of carbonyl (C=O) groups is 1. The molecule has 0 saturated carbocycles. The van der Waals surface area contributed by atoms with Crippen molar-refractivity contribution in [3.05, 3.63) is 35.8 Å². The van der Waals surface area contributed by atoms with Gasteiger partial charge in [-0.25, -0.2) is 0 Å². The van der Waals surface area contributed by atoms with Crippen LogP contribution in [0.4, 0.5) is 0 Å². The van der Waals surface area contributed by atoms with E-state index < -0.39 is 5.60 Å². The highest BCUT2D eigenvalue weighted by molar-refractivity contribution is 5.95. The van der Waals surface area contributed by atoms with Crippen LogP contribution in [0.15, 0.2) is 24.5 Å². The third-order valence-electron chi connectivity index (χ3n) is 5.21. The molecule has 2 aliphatic heterocycles. The molecule has 0 unspecified atom stereocenters. The smallest absolute Gasteiger partial charge is 0.267 e. The Kier molecular flexibility index (Phi) is 4.42. The van der Waals surface area contributed by atoms with Crippen molar-refractivity contribution >= 4 is 5.91 Å². The van der Waals surface area contributed by atoms with Crippen molar-refractivity contribution in [2.24, 2.45) is 0 Å². The maximum absolute atomic E-state index is 12.5. The van der Waals surface area contributed by atoms with Crippen LogP contribution >= 0.6 is 0 Å². The molecule has 2 aromatic heterocycles. The zero-order chi connectivity index (χ0) is 18.1. The van der Waals surface area contributed by atoms with Crippen molar-refractivity contribution < 1.29 is 19.0 Å². The predicted octanol–water partition coefficient (Wildman–Crippen LogP) is 1.95. The molecule has 0 atom stereocenters. The second-order valence-corrected chi connectivity index (χ2v) is 6.60. The average Bonchev–Trinajstić information content (AvgIpc) is 3.07. The van der Waals surface area contributed by atoms with Gasteiger partial charge in [-0.2, -0.15) is 0 Å². The molecule has 0 radical (unpaired) electrons. The topological polar surface area (TPSA) is 74.6 Å². The maximum Gasteiger partial charge on any atom is 0.267 e. The number of rotatable bonds is 4. The number of pyridine rings is 1. The number of amides is 1. The van der Waals surface area contributed by atoms with Crippen LogP contribution in [0, 0.1) is 0 Å². The van der Waals surface area contributed by atoms with Gasteiger partial charge in [-0.1, -0.05) is 0 Å². The van der Waals surface area contributed by atoms with Crippen LogP contribution < -0.4 is 10.1 Å². The van der Waals surface area contributed by atoms with Gasteiger partial charge in [0, 0.05) is 50.9 Å². The first-order chi connectivity index (χ1) is 12.7. The maximum atomic E-state index is 12.5. The van der Waals surface area contributed by atoms with E-state index in [0.717, 1.165) is 35.4 Å². The SMILES string of the molecule is CNC(=O)c1cc2c(n1CCOC)-c1ccncc1OC21CCOCC1. The van der Waals surface area contributed by atoms with E-state index in [2.05, 4.69) is 10.3 Å². The number of hydrogen-bond acceptors (Lipinski definition) is 5. The van der Waals surface area contributed by atoms with Crippen LogP contribution in [-0.2, 0) is 21.6 Å². The number of nitrogens with zero attached hydrogens (tertiary/aromatic N) is 2. The Morgan fingerprint density at radius 3 is 2.96 bits per heavy atom. The second-order valence-electron chi connectivity index (χ2n) is 6.60. The Morgan fingerprint density at radius 2 is 2.23 bits per heavy atom. The molecule has 7 nitrogen and oxygen atoms in total. The van der Waals surface area contributed by atoms with Gasteiger partial charge in [0.2, 0.25) is 0 Å². The third kappa shape index (κ3) is 2.59. The highest BCUT2D eigenvalue weighted by atomic mass is 16.5. The minimum Gasteiger partial charge on any atom is -0.480 e. The molecule has 1 amide bonds. The Labute approximate surface area is 152 Å². The monoisotopic (exact) mass is 357 g/mol. The van der Waals surface area contributed by atoms with Crippen molar-refractivity contribution in [3.63, 3.8) is 0 Å². The quantitative estimate of drug-likeness (QED) is 0.905. The molecule has 2 aliphatic rings. The lowest BCUT2D eigenvalue weighted by Crippen LogP contribution is -2.41. The van der Waals surface area contributed by atoms with Gasteiger partial charge in [0.15, 0.2) is 0 Å². The number of ether oxygens (including phenoxy) is 3. The standard InChI is InChI=1S/C19H23N3O4/c1-20-18(23)15-11-14-17(22(15)7-10-24-2)13-3-6-21-12-16(13)26-19(14)4-8-25-9-5-19/h3,6,11-12H,4-5,7-10H2,1-2H3,(H,20,23). The average molecular weight is 357 g/mol. The van der Waals surface area contributed by atoms with E-state index in [1.807, 2.05) is 16.7 Å². The van der Waals surface area contributed by atoms with Crippen molar-refractivity contribution in [3.8, 4) is 17.0 Å². The van der Waals surface area contributed by atoms with Gasteiger partial charge < -0.3 is 24.1 Å². The number of methoxy groups -OCH3 is 1. The lowest BCUT2D eigenvalue weighted by atomic mass is 9.82. The molecular formula is C19H23N3O4. The van der Waals surface area contributed by atoms with Gasteiger partial charge in [-0.05, 0) is 12.1 Å². The fourth-order valence-electron chi connectivity index (χ4n) is 3.91. The fourth-order valence-corrected chi connectivity index (χ4v) is 3.91. The minimum absolute atomic E-state index is 0.117. The van der Waals surface area contributed by atoms with E-state index in [-0.39, 0.29) is 5.91 Å². The van der Waals surface area contributed by atoms with E-state index in [1.165, 1.54) is 0 Å². The molecule has 138 valence electrons. The van der Waals surface area contributed by atoms with Crippen molar-refractivity contribution in [1.29, 1.82) is 0 Å². The molecule has 2 aromatic rings. The lowest BCUT2D eigenvalue weighted by Gasteiger charge is -2.41. The summed E-state index contributed by atoms with van der Waals surface area (Å²) >= 11 is 0. The summed E-state index contributed by atoms with van der Waals surface area (Å²) < 4.78 is 19.3. The Balaban J connectivity index is 1.95. The summed E-state index contributed by atoms with van der Waals surface area (Å²) in [6, 6.07) is 3.91. The lowest BCUT2D eigenvalue weighted by molar-refractivity contribution is -0.0517. The minimum atomic E-state index is -0.481. The molecule has 1 N–H and O–H groups in total. The first kappa shape index (κ1) is 17.1. The Morgan fingerprint density at radius 1 is 1.42 bits per heavy atom. The van der Waals surface area contributed by atoms with Crippen molar-refractivity contribution in [1.82, 2.24) is 14.9 Å². The molecule has 0 aliphatic carbocycles. The first-order valence-corrected chi connectivity index (χ1v) is 8.86. The summed E-state index contributed by atoms with van der Waals surface area (Å²) in [5.41, 5.74) is 3.16.